The van der Waals surface area contributed by atoms with Gasteiger partial charge in [-0.05, 0) is 31.2 Å². The molecule has 0 bridgehead atoms. The Hall–Kier alpha value is -0.670. The molecule has 0 aliphatic heterocycles. The summed E-state index contributed by atoms with van der Waals surface area (Å²) >= 11 is 1.46. The molecule has 1 aromatic heterocycles. The summed E-state index contributed by atoms with van der Waals surface area (Å²) in [6.45, 7) is 1.79. The first-order valence-corrected chi connectivity index (χ1v) is 6.29. The van der Waals surface area contributed by atoms with Crippen molar-refractivity contribution < 1.29 is 9.90 Å². The second-order valence-electron chi connectivity index (χ2n) is 4.50. The standard InChI is InChI=1S/C12H16O2S/c1-12(14)7-3-2-5-9(12)11(13)10-6-4-8-15-10/h4,6,8-9,14H,2-3,5,7H2,1H3/t9-,12-/m1/s1. The lowest BCUT2D eigenvalue weighted by atomic mass is 9.74. The Morgan fingerprint density at radius 2 is 2.40 bits per heavy atom. The molecule has 0 unspecified atom stereocenters. The lowest BCUT2D eigenvalue weighted by Gasteiger charge is -2.35. The highest BCUT2D eigenvalue weighted by atomic mass is 32.1. The van der Waals surface area contributed by atoms with Gasteiger partial charge in [-0.2, -0.15) is 0 Å². The highest BCUT2D eigenvalue weighted by Crippen LogP contribution is 2.36. The largest absolute Gasteiger partial charge is 0.389 e. The first-order chi connectivity index (χ1) is 7.11. The van der Waals surface area contributed by atoms with Gasteiger partial charge >= 0.3 is 0 Å². The maximum atomic E-state index is 12.1. The zero-order valence-electron chi connectivity index (χ0n) is 8.90. The van der Waals surface area contributed by atoms with Crippen LogP contribution in [0.2, 0.25) is 0 Å². The summed E-state index contributed by atoms with van der Waals surface area (Å²) in [6, 6.07) is 3.73. The van der Waals surface area contributed by atoms with E-state index in [-0.39, 0.29) is 11.7 Å². The van der Waals surface area contributed by atoms with Gasteiger partial charge in [0.05, 0.1) is 16.4 Å². The Kier molecular flexibility index (Phi) is 2.94. The summed E-state index contributed by atoms with van der Waals surface area (Å²) in [5.74, 6) is -0.0837. The van der Waals surface area contributed by atoms with Crippen molar-refractivity contribution in [1.82, 2.24) is 0 Å². The molecule has 1 N–H and O–H groups in total. The Bertz CT molecular complexity index is 341. The van der Waals surface area contributed by atoms with Crippen molar-refractivity contribution >= 4 is 17.1 Å². The van der Waals surface area contributed by atoms with E-state index < -0.39 is 5.60 Å². The number of hydrogen-bond acceptors (Lipinski definition) is 3. The monoisotopic (exact) mass is 224 g/mol. The van der Waals surface area contributed by atoms with Crippen molar-refractivity contribution in [2.24, 2.45) is 5.92 Å². The van der Waals surface area contributed by atoms with Crippen LogP contribution in [-0.2, 0) is 0 Å². The molecule has 0 amide bonds. The van der Waals surface area contributed by atoms with Crippen molar-refractivity contribution in [2.75, 3.05) is 0 Å². The van der Waals surface area contributed by atoms with Crippen LogP contribution in [0.15, 0.2) is 17.5 Å². The summed E-state index contributed by atoms with van der Waals surface area (Å²) in [5, 5.41) is 12.1. The maximum absolute atomic E-state index is 12.1. The average molecular weight is 224 g/mol. The van der Waals surface area contributed by atoms with Gasteiger partial charge < -0.3 is 5.11 Å². The number of carbonyl (C=O) groups excluding carboxylic acids is 1. The number of hydrogen-bond donors (Lipinski definition) is 1. The van der Waals surface area contributed by atoms with E-state index in [9.17, 15) is 9.90 Å². The molecule has 82 valence electrons. The Balaban J connectivity index is 2.19. The first kappa shape index (κ1) is 10.8. The third-order valence-electron chi connectivity index (χ3n) is 3.26. The minimum absolute atomic E-state index is 0.120. The number of rotatable bonds is 2. The van der Waals surface area contributed by atoms with Crippen LogP contribution < -0.4 is 0 Å². The average Bonchev–Trinajstić information content (AvgIpc) is 2.69. The van der Waals surface area contributed by atoms with E-state index in [0.29, 0.717) is 0 Å². The minimum atomic E-state index is -0.806. The van der Waals surface area contributed by atoms with Gasteiger partial charge in [-0.15, -0.1) is 11.3 Å². The van der Waals surface area contributed by atoms with E-state index in [1.165, 1.54) is 11.3 Å². The van der Waals surface area contributed by atoms with Crippen molar-refractivity contribution in [1.29, 1.82) is 0 Å². The summed E-state index contributed by atoms with van der Waals surface area (Å²) in [4.78, 5) is 12.9. The highest BCUT2D eigenvalue weighted by Gasteiger charge is 2.39. The van der Waals surface area contributed by atoms with E-state index in [4.69, 9.17) is 0 Å². The van der Waals surface area contributed by atoms with Crippen molar-refractivity contribution in [3.05, 3.63) is 22.4 Å². The second-order valence-corrected chi connectivity index (χ2v) is 5.44. The number of carbonyl (C=O) groups is 1. The predicted molar refractivity (Wildman–Crippen MR) is 61.2 cm³/mol. The Labute approximate surface area is 93.9 Å². The number of ketones is 1. The molecule has 0 aromatic carbocycles. The molecule has 15 heavy (non-hydrogen) atoms. The normalized spacial score (nSPS) is 31.5. The van der Waals surface area contributed by atoms with E-state index in [0.717, 1.165) is 30.6 Å². The third-order valence-corrected chi connectivity index (χ3v) is 4.14. The molecule has 2 rings (SSSR count). The van der Waals surface area contributed by atoms with E-state index >= 15 is 0 Å². The Morgan fingerprint density at radius 3 is 3.00 bits per heavy atom. The van der Waals surface area contributed by atoms with Crippen molar-refractivity contribution in [3.63, 3.8) is 0 Å². The molecule has 1 aliphatic rings. The number of Topliss-reactive ketones (excluding diaryl/α,β-unsaturated/α-hetero) is 1. The number of thiophene rings is 1. The predicted octanol–water partition coefficient (Wildman–Crippen LogP) is 2.87. The van der Waals surface area contributed by atoms with Crippen LogP contribution in [0.5, 0.6) is 0 Å². The molecule has 0 saturated heterocycles. The molecule has 2 nitrogen and oxygen atoms in total. The fourth-order valence-corrected chi connectivity index (χ4v) is 3.04. The van der Waals surface area contributed by atoms with Crippen molar-refractivity contribution in [3.8, 4) is 0 Å². The first-order valence-electron chi connectivity index (χ1n) is 5.41. The van der Waals surface area contributed by atoms with Gasteiger partial charge in [-0.3, -0.25) is 4.79 Å². The lowest BCUT2D eigenvalue weighted by molar-refractivity contribution is -0.0209. The van der Waals surface area contributed by atoms with E-state index in [1.54, 1.807) is 6.92 Å². The summed E-state index contributed by atoms with van der Waals surface area (Å²) in [6.07, 6.45) is 3.65. The summed E-state index contributed by atoms with van der Waals surface area (Å²) in [7, 11) is 0. The van der Waals surface area contributed by atoms with E-state index in [1.807, 2.05) is 17.5 Å². The van der Waals surface area contributed by atoms with Gasteiger partial charge in [-0.1, -0.05) is 18.9 Å². The van der Waals surface area contributed by atoms with Gasteiger partial charge in [-0.25, -0.2) is 0 Å². The molecule has 1 heterocycles. The van der Waals surface area contributed by atoms with Crippen LogP contribution in [0.1, 0.15) is 42.3 Å². The molecule has 0 spiro atoms. The van der Waals surface area contributed by atoms with Gasteiger partial charge in [0.15, 0.2) is 5.78 Å². The number of aliphatic hydroxyl groups is 1. The molecule has 0 radical (unpaired) electrons. The lowest BCUT2D eigenvalue weighted by Crippen LogP contribution is -2.41. The summed E-state index contributed by atoms with van der Waals surface area (Å²) in [5.41, 5.74) is -0.806. The minimum Gasteiger partial charge on any atom is -0.389 e. The molecule has 1 aromatic rings. The van der Waals surface area contributed by atoms with Gasteiger partial charge in [0.2, 0.25) is 0 Å². The van der Waals surface area contributed by atoms with Gasteiger partial charge in [0.25, 0.3) is 0 Å². The van der Waals surface area contributed by atoms with Crippen LogP contribution in [0.3, 0.4) is 0 Å². The van der Waals surface area contributed by atoms with Crippen LogP contribution in [0, 0.1) is 5.92 Å². The molecular formula is C12H16O2S. The quantitative estimate of drug-likeness (QED) is 0.784. The third kappa shape index (κ3) is 2.13. The fourth-order valence-electron chi connectivity index (χ4n) is 2.32. The molecular weight excluding hydrogens is 208 g/mol. The molecule has 1 aliphatic carbocycles. The molecule has 2 atom stereocenters. The molecule has 3 heteroatoms. The van der Waals surface area contributed by atoms with Crippen LogP contribution in [-0.4, -0.2) is 16.5 Å². The summed E-state index contributed by atoms with van der Waals surface area (Å²) < 4.78 is 0. The van der Waals surface area contributed by atoms with Gasteiger partial charge in [0.1, 0.15) is 0 Å². The topological polar surface area (TPSA) is 37.3 Å². The van der Waals surface area contributed by atoms with Crippen LogP contribution >= 0.6 is 11.3 Å². The smallest absolute Gasteiger partial charge is 0.178 e. The zero-order valence-corrected chi connectivity index (χ0v) is 9.72. The van der Waals surface area contributed by atoms with Gasteiger partial charge in [0, 0.05) is 0 Å². The van der Waals surface area contributed by atoms with Crippen LogP contribution in [0.4, 0.5) is 0 Å². The second kappa shape index (κ2) is 4.06. The maximum Gasteiger partial charge on any atom is 0.178 e. The van der Waals surface area contributed by atoms with E-state index in [2.05, 4.69) is 0 Å². The highest BCUT2D eigenvalue weighted by molar-refractivity contribution is 7.12. The zero-order chi connectivity index (χ0) is 10.9. The molecule has 1 saturated carbocycles. The fraction of sp³-hybridized carbons (Fsp3) is 0.583. The van der Waals surface area contributed by atoms with Crippen LogP contribution in [0.25, 0.3) is 0 Å². The van der Waals surface area contributed by atoms with Crippen molar-refractivity contribution in [2.45, 2.75) is 38.2 Å². The Morgan fingerprint density at radius 1 is 1.60 bits per heavy atom. The molecule has 1 fully saturated rings. The SMILES string of the molecule is C[C@@]1(O)CCCC[C@@H]1C(=O)c1cccs1.